The first kappa shape index (κ1) is 19.2. The predicted molar refractivity (Wildman–Crippen MR) is 98.5 cm³/mol. The quantitative estimate of drug-likeness (QED) is 0.814. The van der Waals surface area contributed by atoms with Gasteiger partial charge in [-0.1, -0.05) is 0 Å². The van der Waals surface area contributed by atoms with Crippen LogP contribution in [0.15, 0.2) is 24.3 Å². The van der Waals surface area contributed by atoms with Gasteiger partial charge in [0.2, 0.25) is 11.8 Å². The van der Waals surface area contributed by atoms with Crippen LogP contribution in [0.1, 0.15) is 19.8 Å². The van der Waals surface area contributed by atoms with Crippen LogP contribution in [0, 0.1) is 0 Å². The topological polar surface area (TPSA) is 86.8 Å². The largest absolute Gasteiger partial charge is 0.378 e. The Labute approximate surface area is 148 Å². The molecule has 1 saturated heterocycles. The SMILES string of the molecule is CC(=O)N(CCC(=O)Nc1ccc(N(C)C)cc1)C1CCS(=O)(=O)C1. The summed E-state index contributed by atoms with van der Waals surface area (Å²) in [5, 5.41) is 2.80. The summed E-state index contributed by atoms with van der Waals surface area (Å²) in [5.41, 5.74) is 1.72. The van der Waals surface area contributed by atoms with E-state index >= 15 is 0 Å². The average Bonchev–Trinajstić information content (AvgIpc) is 2.87. The smallest absolute Gasteiger partial charge is 0.226 e. The van der Waals surface area contributed by atoms with Crippen LogP contribution in [-0.2, 0) is 19.4 Å². The molecule has 1 aromatic rings. The van der Waals surface area contributed by atoms with Crippen LogP contribution in [-0.4, -0.2) is 63.3 Å². The fourth-order valence-corrected chi connectivity index (χ4v) is 4.64. The van der Waals surface area contributed by atoms with Gasteiger partial charge in [0.1, 0.15) is 0 Å². The molecule has 1 N–H and O–H groups in total. The molecule has 138 valence electrons. The van der Waals surface area contributed by atoms with E-state index in [9.17, 15) is 18.0 Å². The van der Waals surface area contributed by atoms with Gasteiger partial charge in [0.15, 0.2) is 9.84 Å². The maximum Gasteiger partial charge on any atom is 0.226 e. The third-order valence-electron chi connectivity index (χ3n) is 4.30. The van der Waals surface area contributed by atoms with Crippen LogP contribution in [0.4, 0.5) is 11.4 Å². The van der Waals surface area contributed by atoms with Gasteiger partial charge in [0, 0.05) is 51.4 Å². The maximum atomic E-state index is 12.1. The number of sulfone groups is 1. The Bertz CT molecular complexity index is 729. The molecule has 0 saturated carbocycles. The average molecular weight is 367 g/mol. The molecular weight excluding hydrogens is 342 g/mol. The molecule has 1 unspecified atom stereocenters. The lowest BCUT2D eigenvalue weighted by atomic mass is 10.2. The Hall–Kier alpha value is -2.09. The summed E-state index contributed by atoms with van der Waals surface area (Å²) < 4.78 is 23.2. The molecule has 0 aliphatic carbocycles. The molecule has 1 aromatic carbocycles. The number of carbonyl (C=O) groups excluding carboxylic acids is 2. The van der Waals surface area contributed by atoms with Crippen LogP contribution in [0.3, 0.4) is 0 Å². The fraction of sp³-hybridized carbons (Fsp3) is 0.529. The van der Waals surface area contributed by atoms with E-state index in [-0.39, 0.29) is 42.3 Å². The molecule has 1 aliphatic rings. The normalized spacial score (nSPS) is 18.6. The van der Waals surface area contributed by atoms with Crippen molar-refractivity contribution in [1.29, 1.82) is 0 Å². The number of hydrogen-bond acceptors (Lipinski definition) is 5. The van der Waals surface area contributed by atoms with Crippen LogP contribution in [0.25, 0.3) is 0 Å². The zero-order valence-electron chi connectivity index (χ0n) is 14.9. The second-order valence-corrected chi connectivity index (χ2v) is 8.74. The minimum atomic E-state index is -3.07. The molecule has 8 heteroatoms. The lowest BCUT2D eigenvalue weighted by molar-refractivity contribution is -0.131. The van der Waals surface area contributed by atoms with Crippen molar-refractivity contribution in [2.24, 2.45) is 0 Å². The minimum Gasteiger partial charge on any atom is -0.378 e. The van der Waals surface area contributed by atoms with Crippen molar-refractivity contribution < 1.29 is 18.0 Å². The Morgan fingerprint density at radius 3 is 2.32 bits per heavy atom. The van der Waals surface area contributed by atoms with Gasteiger partial charge in [-0.15, -0.1) is 0 Å². The molecule has 0 aromatic heterocycles. The third-order valence-corrected chi connectivity index (χ3v) is 6.05. The summed E-state index contributed by atoms with van der Waals surface area (Å²) in [6, 6.07) is 7.12. The van der Waals surface area contributed by atoms with Crippen molar-refractivity contribution in [3.8, 4) is 0 Å². The molecule has 0 spiro atoms. The van der Waals surface area contributed by atoms with Crippen LogP contribution in [0.2, 0.25) is 0 Å². The molecule has 1 fully saturated rings. The summed E-state index contributed by atoms with van der Waals surface area (Å²) in [6.45, 7) is 1.62. The van der Waals surface area contributed by atoms with E-state index in [0.717, 1.165) is 5.69 Å². The Balaban J connectivity index is 1.89. The number of hydrogen-bond donors (Lipinski definition) is 1. The van der Waals surface area contributed by atoms with E-state index < -0.39 is 9.84 Å². The van der Waals surface area contributed by atoms with Crippen LogP contribution >= 0.6 is 0 Å². The number of amides is 2. The molecule has 2 amide bonds. The standard InChI is InChI=1S/C17H25N3O4S/c1-13(21)20(16-9-11-25(23,24)12-16)10-8-17(22)18-14-4-6-15(7-5-14)19(2)3/h4-7,16H,8-12H2,1-3H3,(H,18,22). The van der Waals surface area contributed by atoms with Gasteiger partial charge >= 0.3 is 0 Å². The van der Waals surface area contributed by atoms with Crippen molar-refractivity contribution in [3.63, 3.8) is 0 Å². The lowest BCUT2D eigenvalue weighted by Gasteiger charge is -2.26. The van der Waals surface area contributed by atoms with Crippen molar-refractivity contribution >= 4 is 33.0 Å². The second kappa shape index (κ2) is 7.86. The molecule has 0 bridgehead atoms. The highest BCUT2D eigenvalue weighted by Gasteiger charge is 2.33. The van der Waals surface area contributed by atoms with Crippen LogP contribution in [0.5, 0.6) is 0 Å². The molecule has 0 radical (unpaired) electrons. The fourth-order valence-electron chi connectivity index (χ4n) is 2.91. The summed E-state index contributed by atoms with van der Waals surface area (Å²) in [6.07, 6.45) is 0.571. The molecule has 25 heavy (non-hydrogen) atoms. The predicted octanol–water partition coefficient (Wildman–Crippen LogP) is 1.12. The van der Waals surface area contributed by atoms with Crippen molar-refractivity contribution in [1.82, 2.24) is 4.90 Å². The summed E-state index contributed by atoms with van der Waals surface area (Å²) in [4.78, 5) is 27.4. The number of nitrogens with one attached hydrogen (secondary N) is 1. The zero-order chi connectivity index (χ0) is 18.6. The highest BCUT2D eigenvalue weighted by molar-refractivity contribution is 7.91. The Kier molecular flexibility index (Phi) is 6.05. The molecule has 2 rings (SSSR count). The Morgan fingerprint density at radius 1 is 1.20 bits per heavy atom. The number of carbonyl (C=O) groups is 2. The van der Waals surface area contributed by atoms with Gasteiger partial charge < -0.3 is 15.1 Å². The number of benzene rings is 1. The van der Waals surface area contributed by atoms with Crippen molar-refractivity contribution in [2.45, 2.75) is 25.8 Å². The van der Waals surface area contributed by atoms with E-state index in [1.807, 2.05) is 43.3 Å². The van der Waals surface area contributed by atoms with E-state index in [4.69, 9.17) is 0 Å². The van der Waals surface area contributed by atoms with Crippen molar-refractivity contribution in [2.75, 3.05) is 42.4 Å². The third kappa shape index (κ3) is 5.45. The first-order valence-electron chi connectivity index (χ1n) is 8.23. The first-order valence-corrected chi connectivity index (χ1v) is 10.0. The zero-order valence-corrected chi connectivity index (χ0v) is 15.7. The van der Waals surface area contributed by atoms with Gasteiger partial charge in [-0.2, -0.15) is 0 Å². The van der Waals surface area contributed by atoms with E-state index in [1.165, 1.54) is 11.8 Å². The molecule has 1 aliphatic heterocycles. The first-order chi connectivity index (χ1) is 11.7. The maximum absolute atomic E-state index is 12.1. The van der Waals surface area contributed by atoms with Gasteiger partial charge in [-0.3, -0.25) is 9.59 Å². The highest BCUT2D eigenvalue weighted by atomic mass is 32.2. The highest BCUT2D eigenvalue weighted by Crippen LogP contribution is 2.19. The Morgan fingerprint density at radius 2 is 1.84 bits per heavy atom. The number of nitrogens with zero attached hydrogens (tertiary/aromatic N) is 2. The van der Waals surface area contributed by atoms with Crippen molar-refractivity contribution in [3.05, 3.63) is 24.3 Å². The van der Waals surface area contributed by atoms with E-state index in [2.05, 4.69) is 5.32 Å². The number of rotatable bonds is 6. The van der Waals surface area contributed by atoms with E-state index in [1.54, 1.807) is 0 Å². The van der Waals surface area contributed by atoms with E-state index in [0.29, 0.717) is 12.1 Å². The van der Waals surface area contributed by atoms with Crippen LogP contribution < -0.4 is 10.2 Å². The van der Waals surface area contributed by atoms with Gasteiger partial charge in [-0.05, 0) is 30.7 Å². The lowest BCUT2D eigenvalue weighted by Crippen LogP contribution is -2.41. The molecular formula is C17H25N3O4S. The van der Waals surface area contributed by atoms with Gasteiger partial charge in [0.05, 0.1) is 11.5 Å². The van der Waals surface area contributed by atoms with Gasteiger partial charge in [0.25, 0.3) is 0 Å². The summed E-state index contributed by atoms with van der Waals surface area (Å²) in [5.74, 6) is -0.318. The minimum absolute atomic E-state index is 0.0137. The monoisotopic (exact) mass is 367 g/mol. The molecule has 1 atom stereocenters. The molecule has 1 heterocycles. The summed E-state index contributed by atoms with van der Waals surface area (Å²) in [7, 11) is 0.805. The van der Waals surface area contributed by atoms with Gasteiger partial charge in [-0.25, -0.2) is 8.42 Å². The number of anilines is 2. The molecule has 7 nitrogen and oxygen atoms in total. The summed E-state index contributed by atoms with van der Waals surface area (Å²) >= 11 is 0. The second-order valence-electron chi connectivity index (χ2n) is 6.51.